The Labute approximate surface area is 131 Å². The Balaban J connectivity index is 0.00000116. The number of amides is 1. The van der Waals surface area contributed by atoms with Gasteiger partial charge in [-0.1, -0.05) is 31.5 Å². The summed E-state index contributed by atoms with van der Waals surface area (Å²) in [5.74, 6) is -0.198. The number of hydrogen-bond donors (Lipinski definition) is 2. The number of pyridine rings is 1. The fourth-order valence-corrected chi connectivity index (χ4v) is 1.52. The van der Waals surface area contributed by atoms with Crippen LogP contribution in [0.3, 0.4) is 0 Å². The highest BCUT2D eigenvalue weighted by atomic mass is 16.2. The van der Waals surface area contributed by atoms with Gasteiger partial charge in [-0.2, -0.15) is 5.10 Å². The zero-order valence-electron chi connectivity index (χ0n) is 13.2. The van der Waals surface area contributed by atoms with Crippen molar-refractivity contribution in [2.75, 3.05) is 11.9 Å². The summed E-state index contributed by atoms with van der Waals surface area (Å²) in [4.78, 5) is 15.5. The first-order valence-electron chi connectivity index (χ1n) is 7.26. The van der Waals surface area contributed by atoms with Crippen LogP contribution in [0.15, 0.2) is 53.9 Å². The maximum Gasteiger partial charge on any atom is 0.259 e. The molecule has 5 nitrogen and oxygen atoms in total. The second-order valence-electron chi connectivity index (χ2n) is 4.29. The van der Waals surface area contributed by atoms with Crippen LogP contribution in [0.2, 0.25) is 0 Å². The lowest BCUT2D eigenvalue weighted by atomic mass is 10.2. The van der Waals surface area contributed by atoms with E-state index in [1.54, 1.807) is 30.7 Å². The zero-order chi connectivity index (χ0) is 16.2. The molecule has 2 rings (SSSR count). The maximum atomic E-state index is 11.6. The van der Waals surface area contributed by atoms with E-state index in [-0.39, 0.29) is 12.5 Å². The molecule has 1 heterocycles. The first-order valence-corrected chi connectivity index (χ1v) is 7.26. The van der Waals surface area contributed by atoms with Crippen molar-refractivity contribution in [3.8, 4) is 0 Å². The van der Waals surface area contributed by atoms with Crippen LogP contribution in [0.5, 0.6) is 0 Å². The lowest BCUT2D eigenvalue weighted by molar-refractivity contribution is -0.119. The maximum absolute atomic E-state index is 11.6. The molecule has 0 aliphatic carbocycles. The highest BCUT2D eigenvalue weighted by Gasteiger charge is 1.98. The molecule has 0 aliphatic rings. The van der Waals surface area contributed by atoms with Gasteiger partial charge < -0.3 is 5.32 Å². The molecule has 0 bridgehead atoms. The number of hydrazone groups is 1. The van der Waals surface area contributed by atoms with Crippen molar-refractivity contribution in [1.29, 1.82) is 0 Å². The molecule has 5 heteroatoms. The van der Waals surface area contributed by atoms with Gasteiger partial charge in [-0.15, -0.1) is 0 Å². The molecular formula is C17H22N4O. The van der Waals surface area contributed by atoms with Gasteiger partial charge in [0.2, 0.25) is 0 Å². The topological polar surface area (TPSA) is 66.4 Å². The minimum Gasteiger partial charge on any atom is -0.376 e. The molecule has 0 aliphatic heterocycles. The van der Waals surface area contributed by atoms with Gasteiger partial charge in [0, 0.05) is 18.1 Å². The monoisotopic (exact) mass is 298 g/mol. The molecule has 1 aromatic carbocycles. The fourth-order valence-electron chi connectivity index (χ4n) is 1.52. The summed E-state index contributed by atoms with van der Waals surface area (Å²) >= 11 is 0. The van der Waals surface area contributed by atoms with E-state index in [0.29, 0.717) is 0 Å². The number of rotatable bonds is 5. The Kier molecular flexibility index (Phi) is 7.97. The minimum atomic E-state index is -0.198. The van der Waals surface area contributed by atoms with Crippen LogP contribution in [0.25, 0.3) is 0 Å². The predicted octanol–water partition coefficient (Wildman–Crippen LogP) is 2.98. The second-order valence-corrected chi connectivity index (χ2v) is 4.29. The van der Waals surface area contributed by atoms with E-state index in [2.05, 4.69) is 20.8 Å². The van der Waals surface area contributed by atoms with Crippen molar-refractivity contribution >= 4 is 17.8 Å². The summed E-state index contributed by atoms with van der Waals surface area (Å²) in [6.07, 6.45) is 4.91. The number of hydrogen-bond acceptors (Lipinski definition) is 4. The SMILES string of the molecule is CC.Cc1ccc(NCC(=O)N/N=C/c2ccncc2)cc1. The molecule has 0 saturated heterocycles. The molecule has 0 fully saturated rings. The van der Waals surface area contributed by atoms with Crippen LogP contribution >= 0.6 is 0 Å². The summed E-state index contributed by atoms with van der Waals surface area (Å²) in [5.41, 5.74) is 5.43. The Morgan fingerprint density at radius 2 is 1.77 bits per heavy atom. The van der Waals surface area contributed by atoms with Crippen molar-refractivity contribution in [3.63, 3.8) is 0 Å². The quantitative estimate of drug-likeness (QED) is 0.659. The predicted molar refractivity (Wildman–Crippen MR) is 91.0 cm³/mol. The van der Waals surface area contributed by atoms with Gasteiger partial charge in [0.25, 0.3) is 5.91 Å². The molecule has 2 aromatic rings. The highest BCUT2D eigenvalue weighted by molar-refractivity contribution is 5.84. The van der Waals surface area contributed by atoms with Crippen molar-refractivity contribution in [2.24, 2.45) is 5.10 Å². The molecule has 116 valence electrons. The third-order valence-electron chi connectivity index (χ3n) is 2.61. The van der Waals surface area contributed by atoms with E-state index in [9.17, 15) is 4.79 Å². The largest absolute Gasteiger partial charge is 0.376 e. The number of benzene rings is 1. The van der Waals surface area contributed by atoms with E-state index < -0.39 is 0 Å². The Hall–Kier alpha value is -2.69. The van der Waals surface area contributed by atoms with Gasteiger partial charge in [-0.3, -0.25) is 9.78 Å². The van der Waals surface area contributed by atoms with Gasteiger partial charge in [-0.05, 0) is 36.8 Å². The Bertz CT molecular complexity index is 579. The highest BCUT2D eigenvalue weighted by Crippen LogP contribution is 2.07. The Morgan fingerprint density at radius 1 is 1.14 bits per heavy atom. The second kappa shape index (κ2) is 10.1. The molecule has 0 radical (unpaired) electrons. The smallest absolute Gasteiger partial charge is 0.259 e. The fraction of sp³-hybridized carbons (Fsp3) is 0.235. The number of carbonyl (C=O) groups excluding carboxylic acids is 1. The van der Waals surface area contributed by atoms with E-state index in [1.165, 1.54) is 5.56 Å². The summed E-state index contributed by atoms with van der Waals surface area (Å²) in [5, 5.41) is 6.90. The zero-order valence-corrected chi connectivity index (χ0v) is 13.2. The minimum absolute atomic E-state index is 0.177. The van der Waals surface area contributed by atoms with Crippen LogP contribution in [-0.4, -0.2) is 23.7 Å². The number of aryl methyl sites for hydroxylation is 1. The van der Waals surface area contributed by atoms with E-state index in [4.69, 9.17) is 0 Å². The van der Waals surface area contributed by atoms with Crippen molar-refractivity contribution in [3.05, 3.63) is 59.9 Å². The Morgan fingerprint density at radius 3 is 2.41 bits per heavy atom. The average Bonchev–Trinajstić information content (AvgIpc) is 2.57. The number of aromatic nitrogens is 1. The average molecular weight is 298 g/mol. The van der Waals surface area contributed by atoms with Crippen LogP contribution in [0, 0.1) is 6.92 Å². The molecule has 0 unspecified atom stereocenters. The van der Waals surface area contributed by atoms with E-state index in [0.717, 1.165) is 11.3 Å². The number of carbonyl (C=O) groups is 1. The van der Waals surface area contributed by atoms with Gasteiger partial charge in [0.15, 0.2) is 0 Å². The third kappa shape index (κ3) is 6.65. The molecule has 2 N–H and O–H groups in total. The summed E-state index contributed by atoms with van der Waals surface area (Å²) in [7, 11) is 0. The first-order chi connectivity index (χ1) is 10.7. The van der Waals surface area contributed by atoms with E-state index in [1.807, 2.05) is 45.0 Å². The van der Waals surface area contributed by atoms with Gasteiger partial charge in [0.1, 0.15) is 0 Å². The van der Waals surface area contributed by atoms with Crippen molar-refractivity contribution < 1.29 is 4.79 Å². The summed E-state index contributed by atoms with van der Waals surface area (Å²) in [6, 6.07) is 11.5. The molecule has 0 spiro atoms. The molecule has 1 aromatic heterocycles. The molecule has 0 atom stereocenters. The lowest BCUT2D eigenvalue weighted by Crippen LogP contribution is -2.25. The van der Waals surface area contributed by atoms with Crippen molar-refractivity contribution in [1.82, 2.24) is 10.4 Å². The molecule has 1 amide bonds. The number of nitrogens with zero attached hydrogens (tertiary/aromatic N) is 2. The normalized spacial score (nSPS) is 9.77. The van der Waals surface area contributed by atoms with Gasteiger partial charge in [-0.25, -0.2) is 5.43 Å². The number of nitrogens with one attached hydrogen (secondary N) is 2. The van der Waals surface area contributed by atoms with Gasteiger partial charge >= 0.3 is 0 Å². The standard InChI is InChI=1S/C15H16N4O.C2H6/c1-12-2-4-14(5-3-12)17-11-15(20)19-18-10-13-6-8-16-9-7-13;1-2/h2-10,17H,11H2,1H3,(H,19,20);1-2H3/b18-10+;. The van der Waals surface area contributed by atoms with Crippen LogP contribution in [-0.2, 0) is 4.79 Å². The molecule has 22 heavy (non-hydrogen) atoms. The summed E-state index contributed by atoms with van der Waals surface area (Å²) in [6.45, 7) is 6.20. The molecule has 0 saturated carbocycles. The van der Waals surface area contributed by atoms with Crippen LogP contribution in [0.1, 0.15) is 25.0 Å². The van der Waals surface area contributed by atoms with Crippen LogP contribution in [0.4, 0.5) is 5.69 Å². The van der Waals surface area contributed by atoms with Crippen molar-refractivity contribution in [2.45, 2.75) is 20.8 Å². The third-order valence-corrected chi connectivity index (χ3v) is 2.61. The van der Waals surface area contributed by atoms with Gasteiger partial charge in [0.05, 0.1) is 12.8 Å². The molecular weight excluding hydrogens is 276 g/mol. The lowest BCUT2D eigenvalue weighted by Gasteiger charge is -2.05. The number of anilines is 1. The van der Waals surface area contributed by atoms with E-state index >= 15 is 0 Å². The van der Waals surface area contributed by atoms with Crippen LogP contribution < -0.4 is 10.7 Å². The first kappa shape index (κ1) is 17.4. The summed E-state index contributed by atoms with van der Waals surface area (Å²) < 4.78 is 0.